The largest absolute Gasteiger partial charge is 0.360 e. The molecule has 1 heterocycles. The van der Waals surface area contributed by atoms with Crippen molar-refractivity contribution in [1.29, 1.82) is 21.0 Å². The van der Waals surface area contributed by atoms with E-state index in [1.165, 1.54) is 0 Å². The molecule has 1 aromatic heterocycles. The molecule has 0 radical (unpaired) electrons. The summed E-state index contributed by atoms with van der Waals surface area (Å²) in [5, 5.41) is 37.0. The molecule has 1 aromatic carbocycles. The number of rotatable bonds is 0. The molecule has 0 saturated carbocycles. The minimum absolute atomic E-state index is 0.0354. The van der Waals surface area contributed by atoms with Crippen molar-refractivity contribution in [3.63, 3.8) is 0 Å². The predicted octanol–water partition coefficient (Wildman–Crippen LogP) is 1.96. The Labute approximate surface area is 103 Å². The van der Waals surface area contributed by atoms with Crippen LogP contribution in [0.3, 0.4) is 0 Å². The smallest absolute Gasteiger partial charge is 0.103 e. The molecular formula is C13H5N5. The van der Waals surface area contributed by atoms with Gasteiger partial charge in [0.1, 0.15) is 24.3 Å². The second-order valence-electron chi connectivity index (χ2n) is 3.67. The Kier molecular flexibility index (Phi) is 2.46. The third-order valence-corrected chi connectivity index (χ3v) is 2.77. The number of nitrogens with one attached hydrogen (secondary N) is 1. The summed E-state index contributed by atoms with van der Waals surface area (Å²) in [5.41, 5.74) is 1.36. The van der Waals surface area contributed by atoms with Crippen LogP contribution >= 0.6 is 0 Å². The standard InChI is InChI=1S/C13H5N5/c1-7-6-18-13-11(5-17)9(3-15)8(2-14)10(4-16)12(7)13/h6,18H,1H3. The first kappa shape index (κ1) is 11.2. The van der Waals surface area contributed by atoms with Crippen LogP contribution in [0.5, 0.6) is 0 Å². The average Bonchev–Trinajstić information content (AvgIpc) is 2.77. The van der Waals surface area contributed by atoms with Crippen molar-refractivity contribution < 1.29 is 0 Å². The van der Waals surface area contributed by atoms with Crippen LogP contribution in [0.15, 0.2) is 6.20 Å². The third-order valence-electron chi connectivity index (χ3n) is 2.77. The van der Waals surface area contributed by atoms with E-state index in [1.54, 1.807) is 13.1 Å². The number of aromatic nitrogens is 1. The fourth-order valence-corrected chi connectivity index (χ4v) is 1.99. The summed E-state index contributed by atoms with van der Waals surface area (Å²) >= 11 is 0. The molecule has 0 bridgehead atoms. The second-order valence-corrected chi connectivity index (χ2v) is 3.67. The summed E-state index contributed by atoms with van der Waals surface area (Å²) in [7, 11) is 0. The molecule has 0 aliphatic rings. The number of benzene rings is 1. The van der Waals surface area contributed by atoms with Crippen molar-refractivity contribution >= 4 is 10.9 Å². The molecule has 5 nitrogen and oxygen atoms in total. The average molecular weight is 231 g/mol. The highest BCUT2D eigenvalue weighted by Gasteiger charge is 2.21. The van der Waals surface area contributed by atoms with Crippen LogP contribution in [0.2, 0.25) is 0 Å². The topological polar surface area (TPSA) is 111 Å². The van der Waals surface area contributed by atoms with Crippen LogP contribution in [0.1, 0.15) is 27.8 Å². The van der Waals surface area contributed by atoms with Gasteiger partial charge in [-0.25, -0.2) is 0 Å². The van der Waals surface area contributed by atoms with Crippen LogP contribution in [-0.2, 0) is 0 Å². The zero-order valence-corrected chi connectivity index (χ0v) is 9.37. The van der Waals surface area contributed by atoms with Gasteiger partial charge in [-0.3, -0.25) is 0 Å². The number of aromatic amines is 1. The predicted molar refractivity (Wildman–Crippen MR) is 61.9 cm³/mol. The number of nitrogens with zero attached hydrogens (tertiary/aromatic N) is 4. The Bertz CT molecular complexity index is 828. The number of hydrogen-bond acceptors (Lipinski definition) is 4. The van der Waals surface area contributed by atoms with E-state index in [4.69, 9.17) is 21.0 Å². The maximum atomic E-state index is 9.17. The summed E-state index contributed by atoms with van der Waals surface area (Å²) in [4.78, 5) is 2.87. The molecule has 0 aliphatic heterocycles. The second kappa shape index (κ2) is 3.95. The molecule has 0 amide bonds. The van der Waals surface area contributed by atoms with Gasteiger partial charge in [0, 0.05) is 11.6 Å². The lowest BCUT2D eigenvalue weighted by atomic mass is 9.93. The molecule has 0 fully saturated rings. The summed E-state index contributed by atoms with van der Waals surface area (Å²) < 4.78 is 0. The van der Waals surface area contributed by atoms with E-state index in [-0.39, 0.29) is 22.3 Å². The molecule has 18 heavy (non-hydrogen) atoms. The Balaban J connectivity index is 3.22. The maximum Gasteiger partial charge on any atom is 0.103 e. The lowest BCUT2D eigenvalue weighted by molar-refractivity contribution is 1.37. The van der Waals surface area contributed by atoms with Gasteiger partial charge in [-0.15, -0.1) is 0 Å². The maximum absolute atomic E-state index is 9.17. The van der Waals surface area contributed by atoms with E-state index < -0.39 is 0 Å². The van der Waals surface area contributed by atoms with Crippen molar-refractivity contribution in [2.45, 2.75) is 6.92 Å². The van der Waals surface area contributed by atoms with Crippen LogP contribution in [0.4, 0.5) is 0 Å². The quantitative estimate of drug-likeness (QED) is 0.746. The molecule has 0 atom stereocenters. The lowest BCUT2D eigenvalue weighted by Gasteiger charge is -2.04. The van der Waals surface area contributed by atoms with Gasteiger partial charge in [-0.2, -0.15) is 21.0 Å². The molecule has 0 unspecified atom stereocenters. The van der Waals surface area contributed by atoms with Gasteiger partial charge in [-0.05, 0) is 12.5 Å². The minimum Gasteiger partial charge on any atom is -0.360 e. The Hall–Kier alpha value is -3.28. The van der Waals surface area contributed by atoms with E-state index >= 15 is 0 Å². The molecule has 2 aromatic rings. The van der Waals surface area contributed by atoms with Gasteiger partial charge in [0.15, 0.2) is 0 Å². The third kappa shape index (κ3) is 1.23. The Morgan fingerprint density at radius 1 is 0.833 bits per heavy atom. The number of H-pyrrole nitrogens is 1. The van der Waals surface area contributed by atoms with Crippen LogP contribution in [0, 0.1) is 52.2 Å². The van der Waals surface area contributed by atoms with Crippen LogP contribution < -0.4 is 0 Å². The van der Waals surface area contributed by atoms with Crippen LogP contribution in [-0.4, -0.2) is 4.98 Å². The number of nitriles is 4. The highest BCUT2D eigenvalue weighted by atomic mass is 14.7. The SMILES string of the molecule is Cc1c[nH]c2c(C#N)c(C#N)c(C#N)c(C#N)c12. The van der Waals surface area contributed by atoms with Gasteiger partial charge >= 0.3 is 0 Å². The number of fused-ring (bicyclic) bond motifs is 1. The van der Waals surface area contributed by atoms with Crippen molar-refractivity contribution in [2.75, 3.05) is 0 Å². The van der Waals surface area contributed by atoms with E-state index in [9.17, 15) is 0 Å². The monoisotopic (exact) mass is 231 g/mol. The normalized spacial score (nSPS) is 9.17. The zero-order chi connectivity index (χ0) is 13.3. The highest BCUT2D eigenvalue weighted by Crippen LogP contribution is 2.30. The van der Waals surface area contributed by atoms with Crippen molar-refractivity contribution in [3.8, 4) is 24.3 Å². The fraction of sp³-hybridized carbons (Fsp3) is 0.0769. The summed E-state index contributed by atoms with van der Waals surface area (Å²) in [6.07, 6.45) is 1.65. The lowest BCUT2D eigenvalue weighted by Crippen LogP contribution is -1.97. The first-order chi connectivity index (χ1) is 8.69. The summed E-state index contributed by atoms with van der Waals surface area (Å²) in [5.74, 6) is 0. The molecule has 0 saturated heterocycles. The van der Waals surface area contributed by atoms with Crippen LogP contribution in [0.25, 0.3) is 10.9 Å². The van der Waals surface area contributed by atoms with Gasteiger partial charge in [-0.1, -0.05) is 0 Å². The van der Waals surface area contributed by atoms with E-state index in [0.717, 1.165) is 5.56 Å². The molecule has 0 spiro atoms. The molecular weight excluding hydrogens is 226 g/mol. The van der Waals surface area contributed by atoms with E-state index in [1.807, 2.05) is 24.3 Å². The van der Waals surface area contributed by atoms with Crippen molar-refractivity contribution in [2.24, 2.45) is 0 Å². The van der Waals surface area contributed by atoms with Crippen molar-refractivity contribution in [1.82, 2.24) is 4.98 Å². The van der Waals surface area contributed by atoms with E-state index in [0.29, 0.717) is 10.9 Å². The van der Waals surface area contributed by atoms with Gasteiger partial charge in [0.2, 0.25) is 0 Å². The Morgan fingerprint density at radius 3 is 1.83 bits per heavy atom. The molecule has 5 heteroatoms. The first-order valence-corrected chi connectivity index (χ1v) is 4.97. The molecule has 0 aliphatic carbocycles. The highest BCUT2D eigenvalue weighted by molar-refractivity contribution is 5.96. The number of hydrogen-bond donors (Lipinski definition) is 1. The zero-order valence-electron chi connectivity index (χ0n) is 9.37. The Morgan fingerprint density at radius 2 is 1.33 bits per heavy atom. The van der Waals surface area contributed by atoms with Gasteiger partial charge in [0.25, 0.3) is 0 Å². The van der Waals surface area contributed by atoms with Gasteiger partial charge < -0.3 is 4.98 Å². The molecule has 1 N–H and O–H groups in total. The minimum atomic E-state index is -0.0501. The summed E-state index contributed by atoms with van der Waals surface area (Å²) in [6, 6.07) is 7.52. The van der Waals surface area contributed by atoms with Gasteiger partial charge in [0.05, 0.1) is 27.8 Å². The molecule has 2 rings (SSSR count). The molecule has 82 valence electrons. The number of aryl methyl sites for hydroxylation is 1. The van der Waals surface area contributed by atoms with Crippen molar-refractivity contribution in [3.05, 3.63) is 34.0 Å². The van der Waals surface area contributed by atoms with E-state index in [2.05, 4.69) is 4.98 Å². The first-order valence-electron chi connectivity index (χ1n) is 4.97. The fourth-order valence-electron chi connectivity index (χ4n) is 1.99. The summed E-state index contributed by atoms with van der Waals surface area (Å²) in [6.45, 7) is 1.77.